The largest absolute Gasteiger partial charge is 0.455 e. The van der Waals surface area contributed by atoms with E-state index in [1.54, 1.807) is 36.4 Å². The summed E-state index contributed by atoms with van der Waals surface area (Å²) in [6, 6.07) is 18.5. The van der Waals surface area contributed by atoms with E-state index in [2.05, 4.69) is 4.98 Å². The fourth-order valence-electron chi connectivity index (χ4n) is 2.42. The van der Waals surface area contributed by atoms with E-state index in [-0.39, 0.29) is 11.1 Å². The van der Waals surface area contributed by atoms with Gasteiger partial charge >= 0.3 is 0 Å². The molecule has 3 heterocycles. The summed E-state index contributed by atoms with van der Waals surface area (Å²) in [6.45, 7) is 0. The molecule has 0 saturated carbocycles. The Morgan fingerprint density at radius 3 is 2.31 bits per heavy atom. The van der Waals surface area contributed by atoms with Gasteiger partial charge in [-0.3, -0.25) is 0 Å². The maximum absolute atomic E-state index is 8.86. The Labute approximate surface area is 170 Å². The first-order chi connectivity index (χ1) is 14.2. The highest BCUT2D eigenvalue weighted by Gasteiger charge is 2.09. The van der Waals surface area contributed by atoms with E-state index in [1.807, 2.05) is 42.5 Å². The molecule has 0 bridgehead atoms. The van der Waals surface area contributed by atoms with Crippen LogP contribution in [0.4, 0.5) is 0 Å². The average Bonchev–Trinajstić information content (AvgIpc) is 3.49. The van der Waals surface area contributed by atoms with E-state index < -0.39 is 0 Å². The quantitative estimate of drug-likeness (QED) is 0.458. The summed E-state index contributed by atoms with van der Waals surface area (Å²) in [6.07, 6.45) is 6.23. The Morgan fingerprint density at radius 2 is 1.59 bits per heavy atom. The number of nitrogens with zero attached hydrogens (tertiary/aromatic N) is 4. The van der Waals surface area contributed by atoms with Crippen molar-refractivity contribution in [1.29, 1.82) is 21.0 Å². The third-order valence-corrected chi connectivity index (χ3v) is 4.83. The van der Waals surface area contributed by atoms with Crippen molar-refractivity contribution in [2.24, 2.45) is 0 Å². The highest BCUT2D eigenvalue weighted by molar-refractivity contribution is 7.16. The molecular weight excluding hydrogens is 382 g/mol. The van der Waals surface area contributed by atoms with Crippen LogP contribution in [0.15, 0.2) is 64.1 Å². The van der Waals surface area contributed by atoms with Crippen molar-refractivity contribution in [3.05, 3.63) is 70.3 Å². The first-order valence-electron chi connectivity index (χ1n) is 8.26. The minimum atomic E-state index is 0.0175. The molecule has 0 aliphatic carbocycles. The maximum Gasteiger partial charge on any atom is 0.150 e. The van der Waals surface area contributed by atoms with Crippen molar-refractivity contribution < 1.29 is 4.42 Å². The molecule has 0 radical (unpaired) electrons. The van der Waals surface area contributed by atoms with Crippen LogP contribution in [0, 0.1) is 45.3 Å². The lowest BCUT2D eigenvalue weighted by Gasteiger charge is -1.93. The van der Waals surface area contributed by atoms with Gasteiger partial charge in [-0.25, -0.2) is 0 Å². The number of aromatic amines is 1. The fourth-order valence-corrected chi connectivity index (χ4v) is 3.35. The molecular formula is C22H11N5OS. The summed E-state index contributed by atoms with van der Waals surface area (Å²) >= 11 is 1.47. The zero-order valence-corrected chi connectivity index (χ0v) is 15.7. The number of furan rings is 1. The Bertz CT molecular complexity index is 1270. The van der Waals surface area contributed by atoms with Gasteiger partial charge < -0.3 is 9.40 Å². The fraction of sp³-hybridized carbons (Fsp3) is 0. The zero-order valence-electron chi connectivity index (χ0n) is 14.9. The van der Waals surface area contributed by atoms with Crippen LogP contribution in [0.3, 0.4) is 0 Å². The van der Waals surface area contributed by atoms with Crippen molar-refractivity contribution in [2.45, 2.75) is 0 Å². The van der Waals surface area contributed by atoms with Crippen LogP contribution in [-0.2, 0) is 0 Å². The summed E-state index contributed by atoms with van der Waals surface area (Å²) in [4.78, 5) is 5.08. The SMILES string of the molecule is N#CC(C#N)=C/C=C/c1ccc(-c2ccc(-c3ccc(C=C(C#N)C#N)s3)[nH]2)o1. The van der Waals surface area contributed by atoms with E-state index in [4.69, 9.17) is 25.5 Å². The lowest BCUT2D eigenvalue weighted by Crippen LogP contribution is -1.74. The van der Waals surface area contributed by atoms with Gasteiger partial charge in [-0.15, -0.1) is 11.3 Å². The van der Waals surface area contributed by atoms with Gasteiger partial charge in [-0.05, 0) is 54.6 Å². The molecule has 0 amide bonds. The van der Waals surface area contributed by atoms with Gasteiger partial charge in [0, 0.05) is 4.88 Å². The molecule has 0 aliphatic heterocycles. The van der Waals surface area contributed by atoms with E-state index >= 15 is 0 Å². The summed E-state index contributed by atoms with van der Waals surface area (Å²) in [5.74, 6) is 1.24. The molecule has 0 atom stereocenters. The predicted octanol–water partition coefficient (Wildman–Crippen LogP) is 5.42. The lowest BCUT2D eigenvalue weighted by atomic mass is 10.3. The van der Waals surface area contributed by atoms with Gasteiger partial charge in [0.2, 0.25) is 0 Å². The summed E-state index contributed by atoms with van der Waals surface area (Å²) in [5, 5.41) is 35.1. The molecule has 3 rings (SSSR count). The van der Waals surface area contributed by atoms with Crippen LogP contribution in [0.5, 0.6) is 0 Å². The molecule has 0 unspecified atom stereocenters. The number of nitrogens with one attached hydrogen (secondary N) is 1. The van der Waals surface area contributed by atoms with E-state index in [1.165, 1.54) is 17.4 Å². The predicted molar refractivity (Wildman–Crippen MR) is 109 cm³/mol. The number of hydrogen-bond donors (Lipinski definition) is 1. The van der Waals surface area contributed by atoms with Crippen LogP contribution in [0.25, 0.3) is 34.2 Å². The van der Waals surface area contributed by atoms with Crippen LogP contribution in [-0.4, -0.2) is 4.98 Å². The van der Waals surface area contributed by atoms with Gasteiger partial charge in [0.15, 0.2) is 5.76 Å². The molecule has 29 heavy (non-hydrogen) atoms. The molecule has 0 aromatic carbocycles. The number of allylic oxidation sites excluding steroid dienone is 4. The Morgan fingerprint density at radius 1 is 0.862 bits per heavy atom. The second-order valence-electron chi connectivity index (χ2n) is 5.63. The monoisotopic (exact) mass is 393 g/mol. The highest BCUT2D eigenvalue weighted by Crippen LogP contribution is 2.31. The number of hydrogen-bond acceptors (Lipinski definition) is 6. The molecule has 136 valence electrons. The molecule has 3 aromatic heterocycles. The summed E-state index contributed by atoms with van der Waals surface area (Å²) in [7, 11) is 0. The molecule has 7 heteroatoms. The van der Waals surface area contributed by atoms with Crippen LogP contribution in [0.2, 0.25) is 0 Å². The third kappa shape index (κ3) is 4.59. The molecule has 0 aliphatic rings. The highest BCUT2D eigenvalue weighted by atomic mass is 32.1. The van der Waals surface area contributed by atoms with Crippen molar-refractivity contribution in [3.63, 3.8) is 0 Å². The summed E-state index contributed by atoms with van der Waals surface area (Å²) in [5.41, 5.74) is 1.77. The Hall–Kier alpha value is -4.56. The number of nitriles is 4. The standard InChI is InChI=1S/C22H11N5OS/c23-11-15(12-24)2-1-3-17-4-8-21(28-17)19-6-7-20(27-19)22-9-5-18(29-22)10-16(13-25)14-26/h1-10,27H/b3-1+. The number of aromatic nitrogens is 1. The lowest BCUT2D eigenvalue weighted by molar-refractivity contribution is 0.570. The molecule has 6 nitrogen and oxygen atoms in total. The van der Waals surface area contributed by atoms with Crippen LogP contribution < -0.4 is 0 Å². The number of H-pyrrole nitrogens is 1. The van der Waals surface area contributed by atoms with Crippen molar-refractivity contribution in [3.8, 4) is 46.3 Å². The molecule has 0 spiro atoms. The van der Waals surface area contributed by atoms with Gasteiger partial charge in [-0.1, -0.05) is 6.08 Å². The molecule has 0 saturated heterocycles. The maximum atomic E-state index is 8.86. The average molecular weight is 393 g/mol. The molecule has 3 aromatic rings. The topological polar surface area (TPSA) is 124 Å². The van der Waals surface area contributed by atoms with E-state index in [0.29, 0.717) is 11.5 Å². The first kappa shape index (κ1) is 19.2. The van der Waals surface area contributed by atoms with Crippen molar-refractivity contribution >= 4 is 23.5 Å². The van der Waals surface area contributed by atoms with E-state index in [0.717, 1.165) is 21.1 Å². The minimum absolute atomic E-state index is 0.0175. The zero-order chi connectivity index (χ0) is 20.6. The Balaban J connectivity index is 1.78. The van der Waals surface area contributed by atoms with Crippen LogP contribution >= 0.6 is 11.3 Å². The molecule has 0 fully saturated rings. The number of rotatable bonds is 5. The molecule has 1 N–H and O–H groups in total. The number of thiophene rings is 1. The van der Waals surface area contributed by atoms with Crippen molar-refractivity contribution in [1.82, 2.24) is 4.98 Å². The van der Waals surface area contributed by atoms with Gasteiger partial charge in [0.05, 0.1) is 16.3 Å². The van der Waals surface area contributed by atoms with Crippen molar-refractivity contribution in [2.75, 3.05) is 0 Å². The third-order valence-electron chi connectivity index (χ3n) is 3.76. The van der Waals surface area contributed by atoms with Gasteiger partial charge in [-0.2, -0.15) is 21.0 Å². The van der Waals surface area contributed by atoms with E-state index in [9.17, 15) is 0 Å². The smallest absolute Gasteiger partial charge is 0.150 e. The minimum Gasteiger partial charge on any atom is -0.455 e. The van der Waals surface area contributed by atoms with Crippen LogP contribution in [0.1, 0.15) is 10.6 Å². The summed E-state index contributed by atoms with van der Waals surface area (Å²) < 4.78 is 5.76. The van der Waals surface area contributed by atoms with Gasteiger partial charge in [0.25, 0.3) is 0 Å². The second kappa shape index (κ2) is 8.89. The Kier molecular flexibility index (Phi) is 5.89. The van der Waals surface area contributed by atoms with Gasteiger partial charge in [0.1, 0.15) is 41.2 Å². The first-order valence-corrected chi connectivity index (χ1v) is 9.08. The normalized spacial score (nSPS) is 9.79. The second-order valence-corrected chi connectivity index (χ2v) is 6.75.